The fourth-order valence-electron chi connectivity index (χ4n) is 1.44. The van der Waals surface area contributed by atoms with Crippen molar-refractivity contribution in [1.82, 2.24) is 0 Å². The van der Waals surface area contributed by atoms with E-state index in [1.54, 1.807) is 18.2 Å². The van der Waals surface area contributed by atoms with E-state index in [1.807, 2.05) is 6.07 Å². The molecule has 1 aromatic heterocycles. The van der Waals surface area contributed by atoms with Gasteiger partial charge in [-0.15, -0.1) is 0 Å². The van der Waals surface area contributed by atoms with Gasteiger partial charge in [0.25, 0.3) is 0 Å². The third-order valence-electron chi connectivity index (χ3n) is 2.12. The number of benzene rings is 1. The molecule has 6 heteroatoms. The zero-order valence-electron chi connectivity index (χ0n) is 8.87. The lowest BCUT2D eigenvalue weighted by Gasteiger charge is -2.06. The van der Waals surface area contributed by atoms with Crippen molar-refractivity contribution < 1.29 is 9.15 Å². The maximum atomic E-state index is 11.3. The molecule has 0 amide bonds. The van der Waals surface area contributed by atoms with E-state index in [-0.39, 0.29) is 13.2 Å². The topological polar surface area (TPSA) is 88.2 Å². The number of ether oxygens (including phenoxy) is 1. The first-order valence-electron chi connectivity index (χ1n) is 4.98. The fraction of sp³-hybridized carbons (Fsp3) is 0.182. The van der Waals surface area contributed by atoms with Gasteiger partial charge in [0.15, 0.2) is 0 Å². The Labute approximate surface area is 96.1 Å². The van der Waals surface area contributed by atoms with Crippen molar-refractivity contribution in [3.8, 4) is 5.75 Å². The molecular weight excluding hydrogens is 222 g/mol. The summed E-state index contributed by atoms with van der Waals surface area (Å²) in [7, 11) is 0. The summed E-state index contributed by atoms with van der Waals surface area (Å²) >= 11 is 0. The summed E-state index contributed by atoms with van der Waals surface area (Å²) in [6.45, 7) is 0.433. The van der Waals surface area contributed by atoms with Crippen LogP contribution in [0.2, 0.25) is 0 Å². The molecular formula is C11H9N3O3. The van der Waals surface area contributed by atoms with E-state index in [4.69, 9.17) is 14.7 Å². The highest BCUT2D eigenvalue weighted by atomic mass is 16.5. The molecule has 0 aliphatic rings. The molecule has 0 radical (unpaired) electrons. The molecule has 0 bridgehead atoms. The molecule has 0 N–H and O–H groups in total. The number of hydrogen-bond acceptors (Lipinski definition) is 4. The van der Waals surface area contributed by atoms with Gasteiger partial charge >= 0.3 is 5.63 Å². The zero-order valence-corrected chi connectivity index (χ0v) is 8.87. The van der Waals surface area contributed by atoms with Crippen molar-refractivity contribution in [1.29, 1.82) is 0 Å². The smallest absolute Gasteiger partial charge is 0.339 e. The monoisotopic (exact) mass is 231 g/mol. The van der Waals surface area contributed by atoms with Crippen LogP contribution in [0.15, 0.2) is 44.7 Å². The highest BCUT2D eigenvalue weighted by Crippen LogP contribution is 2.22. The lowest BCUT2D eigenvalue weighted by Crippen LogP contribution is -2.04. The van der Waals surface area contributed by atoms with E-state index < -0.39 is 5.63 Å². The fourth-order valence-corrected chi connectivity index (χ4v) is 1.44. The normalized spacial score (nSPS) is 9.88. The molecule has 0 saturated heterocycles. The van der Waals surface area contributed by atoms with Crippen molar-refractivity contribution in [3.05, 3.63) is 51.2 Å². The van der Waals surface area contributed by atoms with E-state index in [0.29, 0.717) is 16.7 Å². The maximum absolute atomic E-state index is 11.3. The Morgan fingerprint density at radius 1 is 1.41 bits per heavy atom. The molecule has 0 spiro atoms. The number of hydrogen-bond donors (Lipinski definition) is 0. The molecule has 0 saturated carbocycles. The van der Waals surface area contributed by atoms with E-state index in [1.165, 1.54) is 6.07 Å². The second-order valence-corrected chi connectivity index (χ2v) is 3.23. The van der Waals surface area contributed by atoms with Gasteiger partial charge in [0.05, 0.1) is 24.6 Å². The van der Waals surface area contributed by atoms with Gasteiger partial charge in [-0.3, -0.25) is 0 Å². The Hall–Kier alpha value is -2.46. The first kappa shape index (κ1) is 11.0. The summed E-state index contributed by atoms with van der Waals surface area (Å²) in [4.78, 5) is 13.9. The Kier molecular flexibility index (Phi) is 3.28. The lowest BCUT2D eigenvalue weighted by atomic mass is 10.2. The maximum Gasteiger partial charge on any atom is 0.339 e. The van der Waals surface area contributed by atoms with Crippen LogP contribution in [0.25, 0.3) is 21.4 Å². The summed E-state index contributed by atoms with van der Waals surface area (Å²) in [5.41, 5.74) is 8.12. The van der Waals surface area contributed by atoms with Gasteiger partial charge in [-0.2, -0.15) is 0 Å². The van der Waals surface area contributed by atoms with E-state index >= 15 is 0 Å². The van der Waals surface area contributed by atoms with Crippen molar-refractivity contribution in [2.24, 2.45) is 5.11 Å². The van der Waals surface area contributed by atoms with Gasteiger partial charge in [-0.1, -0.05) is 17.2 Å². The average molecular weight is 231 g/mol. The molecule has 0 aliphatic heterocycles. The Balaban J connectivity index is 2.32. The van der Waals surface area contributed by atoms with Crippen LogP contribution in [-0.4, -0.2) is 13.2 Å². The van der Waals surface area contributed by atoms with Crippen LogP contribution in [0.4, 0.5) is 0 Å². The minimum atomic E-state index is -0.470. The van der Waals surface area contributed by atoms with Crippen LogP contribution >= 0.6 is 0 Å². The zero-order chi connectivity index (χ0) is 12.1. The third kappa shape index (κ3) is 2.56. The third-order valence-corrected chi connectivity index (χ3v) is 2.12. The van der Waals surface area contributed by atoms with Gasteiger partial charge in [0.2, 0.25) is 0 Å². The number of azide groups is 1. The molecule has 86 valence electrons. The minimum absolute atomic E-state index is 0.213. The van der Waals surface area contributed by atoms with Crippen LogP contribution in [0, 0.1) is 0 Å². The quantitative estimate of drug-likeness (QED) is 0.266. The molecule has 6 nitrogen and oxygen atoms in total. The standard InChI is InChI=1S/C11H9N3O3/c12-14-13-5-6-16-10-7-11(15)17-9-4-2-1-3-8(9)10/h1-4,7H,5-6H2. The van der Waals surface area contributed by atoms with Crippen molar-refractivity contribution in [2.75, 3.05) is 13.2 Å². The highest BCUT2D eigenvalue weighted by molar-refractivity contribution is 5.82. The Morgan fingerprint density at radius 2 is 2.24 bits per heavy atom. The molecule has 1 heterocycles. The number of rotatable bonds is 4. The molecule has 2 aromatic rings. The van der Waals surface area contributed by atoms with Crippen LogP contribution in [0.1, 0.15) is 0 Å². The summed E-state index contributed by atoms with van der Waals surface area (Å²) in [5, 5.41) is 4.06. The number of nitrogens with zero attached hydrogens (tertiary/aromatic N) is 3. The summed E-state index contributed by atoms with van der Waals surface area (Å²) in [6.07, 6.45) is 0. The second-order valence-electron chi connectivity index (χ2n) is 3.23. The van der Waals surface area contributed by atoms with Gasteiger partial charge in [-0.25, -0.2) is 4.79 Å². The summed E-state index contributed by atoms with van der Waals surface area (Å²) in [6, 6.07) is 8.36. The van der Waals surface area contributed by atoms with Gasteiger partial charge in [0, 0.05) is 4.91 Å². The Morgan fingerprint density at radius 3 is 3.06 bits per heavy atom. The van der Waals surface area contributed by atoms with Crippen molar-refractivity contribution in [3.63, 3.8) is 0 Å². The van der Waals surface area contributed by atoms with Crippen molar-refractivity contribution in [2.45, 2.75) is 0 Å². The van der Waals surface area contributed by atoms with Crippen LogP contribution in [0.3, 0.4) is 0 Å². The van der Waals surface area contributed by atoms with Crippen molar-refractivity contribution >= 4 is 11.0 Å². The predicted octanol–water partition coefficient (Wildman–Crippen LogP) is 2.48. The molecule has 17 heavy (non-hydrogen) atoms. The highest BCUT2D eigenvalue weighted by Gasteiger charge is 2.05. The van der Waals surface area contributed by atoms with E-state index in [0.717, 1.165) is 0 Å². The van der Waals surface area contributed by atoms with E-state index in [9.17, 15) is 4.79 Å². The molecule has 1 aromatic carbocycles. The van der Waals surface area contributed by atoms with Gasteiger partial charge < -0.3 is 9.15 Å². The first-order valence-corrected chi connectivity index (χ1v) is 4.98. The number of fused-ring (bicyclic) bond motifs is 1. The molecule has 0 aliphatic carbocycles. The summed E-state index contributed by atoms with van der Waals surface area (Å²) in [5.74, 6) is 0.435. The van der Waals surface area contributed by atoms with Crippen LogP contribution < -0.4 is 10.4 Å². The SMILES string of the molecule is [N-]=[N+]=NCCOc1cc(=O)oc2ccccc12. The lowest BCUT2D eigenvalue weighted by molar-refractivity contribution is 0.329. The first-order chi connectivity index (χ1) is 8.31. The van der Waals surface area contributed by atoms with E-state index in [2.05, 4.69) is 10.0 Å². The molecule has 0 unspecified atom stereocenters. The second kappa shape index (κ2) is 5.05. The van der Waals surface area contributed by atoms with Gasteiger partial charge in [0.1, 0.15) is 11.3 Å². The van der Waals surface area contributed by atoms with Gasteiger partial charge in [-0.05, 0) is 17.7 Å². The van der Waals surface area contributed by atoms with Crippen LogP contribution in [-0.2, 0) is 0 Å². The summed E-state index contributed by atoms with van der Waals surface area (Å²) < 4.78 is 10.4. The predicted molar refractivity (Wildman–Crippen MR) is 62.0 cm³/mol. The molecule has 0 fully saturated rings. The average Bonchev–Trinajstić information content (AvgIpc) is 2.34. The number of para-hydroxylation sites is 1. The molecule has 0 atom stereocenters. The Bertz CT molecular complexity index is 629. The minimum Gasteiger partial charge on any atom is -0.492 e. The molecule has 2 rings (SSSR count). The van der Waals surface area contributed by atoms with Crippen LogP contribution in [0.5, 0.6) is 5.75 Å². The largest absolute Gasteiger partial charge is 0.492 e.